The third-order valence-corrected chi connectivity index (χ3v) is 5.92. The first-order chi connectivity index (χ1) is 16.6. The van der Waals surface area contributed by atoms with E-state index in [1.165, 1.54) is 0 Å². The number of benzene rings is 3. The van der Waals surface area contributed by atoms with Gasteiger partial charge in [0.15, 0.2) is 0 Å². The van der Waals surface area contributed by atoms with E-state index in [2.05, 4.69) is 16.7 Å². The SMILES string of the molecule is Cc1cc(C)c(NC(=O)CN(CC(=O)Nc2c(C)cc(C)cc2C)c2ccccc2C#N)c(C)c1. The zero-order valence-corrected chi connectivity index (χ0v) is 21.2. The minimum absolute atomic E-state index is 0.0786. The lowest BCUT2D eigenvalue weighted by atomic mass is 10.0. The number of para-hydroxylation sites is 1. The summed E-state index contributed by atoms with van der Waals surface area (Å²) in [5, 5.41) is 15.6. The van der Waals surface area contributed by atoms with Gasteiger partial charge in [0.1, 0.15) is 6.07 Å². The van der Waals surface area contributed by atoms with Crippen LogP contribution in [0, 0.1) is 52.9 Å². The van der Waals surface area contributed by atoms with Gasteiger partial charge in [0, 0.05) is 11.4 Å². The average Bonchev–Trinajstić information content (AvgIpc) is 2.78. The molecule has 0 saturated carbocycles. The van der Waals surface area contributed by atoms with Gasteiger partial charge in [0.2, 0.25) is 11.8 Å². The lowest BCUT2D eigenvalue weighted by molar-refractivity contribution is -0.115. The van der Waals surface area contributed by atoms with Gasteiger partial charge in [0.25, 0.3) is 0 Å². The normalized spacial score (nSPS) is 10.4. The molecule has 0 aliphatic heterocycles. The molecule has 0 aromatic heterocycles. The van der Waals surface area contributed by atoms with Crippen molar-refractivity contribution in [3.8, 4) is 6.07 Å². The van der Waals surface area contributed by atoms with Crippen LogP contribution in [0.15, 0.2) is 48.5 Å². The fraction of sp³-hybridized carbons (Fsp3) is 0.276. The Labute approximate surface area is 207 Å². The molecule has 3 aromatic rings. The van der Waals surface area contributed by atoms with Crippen LogP contribution in [0.3, 0.4) is 0 Å². The Morgan fingerprint density at radius 1 is 0.743 bits per heavy atom. The lowest BCUT2D eigenvalue weighted by Gasteiger charge is -2.25. The maximum absolute atomic E-state index is 13.1. The molecule has 6 heteroatoms. The zero-order chi connectivity index (χ0) is 25.7. The van der Waals surface area contributed by atoms with Crippen LogP contribution >= 0.6 is 0 Å². The molecular weight excluding hydrogens is 436 g/mol. The lowest BCUT2D eigenvalue weighted by Crippen LogP contribution is -2.39. The highest BCUT2D eigenvalue weighted by atomic mass is 16.2. The number of carbonyl (C=O) groups is 2. The molecule has 0 aliphatic rings. The van der Waals surface area contributed by atoms with Crippen LogP contribution in [0.2, 0.25) is 0 Å². The van der Waals surface area contributed by atoms with Crippen LogP contribution in [0.5, 0.6) is 0 Å². The number of carbonyl (C=O) groups excluding carboxylic acids is 2. The Balaban J connectivity index is 1.86. The van der Waals surface area contributed by atoms with Gasteiger partial charge >= 0.3 is 0 Å². The van der Waals surface area contributed by atoms with Crippen LogP contribution in [0.1, 0.15) is 38.9 Å². The molecular formula is C29H32N4O2. The number of hydrogen-bond donors (Lipinski definition) is 2. The fourth-order valence-corrected chi connectivity index (χ4v) is 4.53. The first kappa shape index (κ1) is 25.5. The Hall–Kier alpha value is -4.11. The molecule has 2 N–H and O–H groups in total. The van der Waals surface area contributed by atoms with Gasteiger partial charge in [0.05, 0.1) is 24.3 Å². The molecule has 0 heterocycles. The van der Waals surface area contributed by atoms with Crippen LogP contribution in [0.4, 0.5) is 17.1 Å². The van der Waals surface area contributed by atoms with Gasteiger partial charge in [-0.25, -0.2) is 0 Å². The van der Waals surface area contributed by atoms with Crippen molar-refractivity contribution in [1.82, 2.24) is 0 Å². The average molecular weight is 469 g/mol. The molecule has 0 saturated heterocycles. The van der Waals surface area contributed by atoms with Crippen LogP contribution < -0.4 is 15.5 Å². The second-order valence-corrected chi connectivity index (χ2v) is 9.13. The monoisotopic (exact) mass is 468 g/mol. The third-order valence-electron chi connectivity index (χ3n) is 5.92. The number of anilines is 3. The summed E-state index contributed by atoms with van der Waals surface area (Å²) in [5.74, 6) is -0.522. The zero-order valence-electron chi connectivity index (χ0n) is 21.2. The van der Waals surface area contributed by atoms with Gasteiger partial charge in [-0.05, 0) is 75.9 Å². The van der Waals surface area contributed by atoms with Crippen molar-refractivity contribution in [3.63, 3.8) is 0 Å². The second kappa shape index (κ2) is 10.9. The number of nitrogens with one attached hydrogen (secondary N) is 2. The van der Waals surface area contributed by atoms with E-state index >= 15 is 0 Å². The minimum Gasteiger partial charge on any atom is -0.352 e. The van der Waals surface area contributed by atoms with Gasteiger partial charge in [-0.3, -0.25) is 9.59 Å². The summed E-state index contributed by atoms with van der Waals surface area (Å²) < 4.78 is 0. The van der Waals surface area contributed by atoms with E-state index in [1.54, 1.807) is 29.2 Å². The summed E-state index contributed by atoms with van der Waals surface area (Å²) >= 11 is 0. The molecule has 0 fully saturated rings. The molecule has 0 atom stereocenters. The number of nitrogens with zero attached hydrogens (tertiary/aromatic N) is 2. The van der Waals surface area contributed by atoms with Gasteiger partial charge in [-0.15, -0.1) is 0 Å². The van der Waals surface area contributed by atoms with Gasteiger partial charge in [-0.2, -0.15) is 5.26 Å². The number of rotatable bonds is 7. The molecule has 0 aliphatic carbocycles. The quantitative estimate of drug-likeness (QED) is 0.480. The maximum atomic E-state index is 13.1. The van der Waals surface area contributed by atoms with E-state index < -0.39 is 0 Å². The summed E-state index contributed by atoms with van der Waals surface area (Å²) in [6.45, 7) is 11.7. The van der Waals surface area contributed by atoms with E-state index in [4.69, 9.17) is 0 Å². The molecule has 0 unspecified atom stereocenters. The van der Waals surface area contributed by atoms with E-state index in [1.807, 2.05) is 65.8 Å². The minimum atomic E-state index is -0.261. The van der Waals surface area contributed by atoms with E-state index in [0.29, 0.717) is 11.3 Å². The van der Waals surface area contributed by atoms with Crippen molar-refractivity contribution in [2.24, 2.45) is 0 Å². The highest BCUT2D eigenvalue weighted by Gasteiger charge is 2.20. The molecule has 3 aromatic carbocycles. The first-order valence-corrected chi connectivity index (χ1v) is 11.6. The van der Waals surface area contributed by atoms with Crippen molar-refractivity contribution >= 4 is 28.9 Å². The highest BCUT2D eigenvalue weighted by molar-refractivity contribution is 5.99. The van der Waals surface area contributed by atoms with E-state index in [-0.39, 0.29) is 24.9 Å². The number of hydrogen-bond acceptors (Lipinski definition) is 4. The maximum Gasteiger partial charge on any atom is 0.243 e. The number of amides is 2. The molecule has 35 heavy (non-hydrogen) atoms. The molecule has 0 spiro atoms. The summed E-state index contributed by atoms with van der Waals surface area (Å²) in [7, 11) is 0. The molecule has 0 bridgehead atoms. The van der Waals surface area contributed by atoms with Crippen molar-refractivity contribution in [1.29, 1.82) is 5.26 Å². The molecule has 6 nitrogen and oxygen atoms in total. The standard InChI is InChI=1S/C29H32N4O2/c1-18-11-20(3)28(21(4)12-18)31-26(34)16-33(25-10-8-7-9-24(25)15-30)17-27(35)32-29-22(5)13-19(2)14-23(29)6/h7-14H,16-17H2,1-6H3,(H,31,34)(H,32,35). The van der Waals surface area contributed by atoms with Crippen molar-refractivity contribution in [2.75, 3.05) is 28.6 Å². The molecule has 3 rings (SSSR count). The summed E-state index contributed by atoms with van der Waals surface area (Å²) in [6.07, 6.45) is 0. The van der Waals surface area contributed by atoms with Crippen LogP contribution in [-0.2, 0) is 9.59 Å². The summed E-state index contributed by atoms with van der Waals surface area (Å²) in [5.41, 5.74) is 8.63. The topological polar surface area (TPSA) is 85.2 Å². The largest absolute Gasteiger partial charge is 0.352 e. The fourth-order valence-electron chi connectivity index (χ4n) is 4.53. The van der Waals surface area contributed by atoms with Crippen LogP contribution in [0.25, 0.3) is 0 Å². The Morgan fingerprint density at radius 3 is 1.54 bits per heavy atom. The third kappa shape index (κ3) is 6.27. The number of nitriles is 1. The Bertz CT molecular complexity index is 1200. The number of aryl methyl sites for hydroxylation is 6. The van der Waals surface area contributed by atoms with Crippen molar-refractivity contribution in [3.05, 3.63) is 87.5 Å². The van der Waals surface area contributed by atoms with Gasteiger partial charge < -0.3 is 15.5 Å². The van der Waals surface area contributed by atoms with E-state index in [9.17, 15) is 14.9 Å². The van der Waals surface area contributed by atoms with Crippen molar-refractivity contribution < 1.29 is 9.59 Å². The summed E-state index contributed by atoms with van der Waals surface area (Å²) in [6, 6.07) is 17.2. The Kier molecular flexibility index (Phi) is 7.93. The smallest absolute Gasteiger partial charge is 0.243 e. The highest BCUT2D eigenvalue weighted by Crippen LogP contribution is 2.25. The van der Waals surface area contributed by atoms with E-state index in [0.717, 1.165) is 44.8 Å². The van der Waals surface area contributed by atoms with Gasteiger partial charge in [-0.1, -0.05) is 47.5 Å². The first-order valence-electron chi connectivity index (χ1n) is 11.6. The molecule has 180 valence electrons. The Morgan fingerprint density at radius 2 is 1.14 bits per heavy atom. The van der Waals surface area contributed by atoms with Crippen molar-refractivity contribution in [2.45, 2.75) is 41.5 Å². The molecule has 0 radical (unpaired) electrons. The second-order valence-electron chi connectivity index (χ2n) is 9.13. The summed E-state index contributed by atoms with van der Waals surface area (Å²) in [4.78, 5) is 27.8. The molecule has 2 amide bonds. The predicted molar refractivity (Wildman–Crippen MR) is 142 cm³/mol. The van der Waals surface area contributed by atoms with Crippen LogP contribution in [-0.4, -0.2) is 24.9 Å². The predicted octanol–water partition coefficient (Wildman–Crippen LogP) is 5.49.